The van der Waals surface area contributed by atoms with E-state index in [9.17, 15) is 15.0 Å². The maximum Gasteiger partial charge on any atom is 0.336 e. The second-order valence-corrected chi connectivity index (χ2v) is 3.63. The summed E-state index contributed by atoms with van der Waals surface area (Å²) in [4.78, 5) is 11.1. The maximum absolute atomic E-state index is 11.1. The van der Waals surface area contributed by atoms with Crippen LogP contribution in [0.2, 0.25) is 0 Å². The molecule has 1 heterocycles. The summed E-state index contributed by atoms with van der Waals surface area (Å²) in [6.07, 6.45) is 0. The summed E-state index contributed by atoms with van der Waals surface area (Å²) >= 11 is 0. The summed E-state index contributed by atoms with van der Waals surface area (Å²) in [6, 6.07) is 4.70. The fourth-order valence-electron chi connectivity index (χ4n) is 1.79. The molecular weight excluding hydrogens is 208 g/mol. The molecule has 0 saturated heterocycles. The SMILES string of the molecule is Cc1c(CO)cc2ccc(=O)oc2c1CO. The Hall–Kier alpha value is -1.65. The molecule has 0 aliphatic rings. The number of rotatable bonds is 2. The molecule has 2 aromatic rings. The molecule has 1 aromatic heterocycles. The van der Waals surface area contributed by atoms with E-state index in [1.165, 1.54) is 6.07 Å². The molecule has 2 rings (SSSR count). The predicted octanol–water partition coefficient (Wildman–Crippen LogP) is 1.09. The van der Waals surface area contributed by atoms with Gasteiger partial charge in [0.25, 0.3) is 0 Å². The van der Waals surface area contributed by atoms with Gasteiger partial charge in [-0.15, -0.1) is 0 Å². The average molecular weight is 220 g/mol. The van der Waals surface area contributed by atoms with Crippen molar-refractivity contribution in [3.63, 3.8) is 0 Å². The number of aliphatic hydroxyl groups is 2. The minimum absolute atomic E-state index is 0.103. The minimum atomic E-state index is -0.446. The molecule has 0 radical (unpaired) electrons. The number of hydrogen-bond acceptors (Lipinski definition) is 4. The molecule has 0 aliphatic heterocycles. The standard InChI is InChI=1S/C12H12O4/c1-7-9(5-13)4-8-2-3-11(15)16-12(8)10(7)6-14/h2-4,13-14H,5-6H2,1H3. The first kappa shape index (κ1) is 10.9. The van der Waals surface area contributed by atoms with Crippen LogP contribution in [0.5, 0.6) is 0 Å². The van der Waals surface area contributed by atoms with Crippen LogP contribution >= 0.6 is 0 Å². The molecule has 16 heavy (non-hydrogen) atoms. The fraction of sp³-hybridized carbons (Fsp3) is 0.250. The fourth-order valence-corrected chi connectivity index (χ4v) is 1.79. The van der Waals surface area contributed by atoms with Gasteiger partial charge >= 0.3 is 5.63 Å². The van der Waals surface area contributed by atoms with E-state index in [0.717, 1.165) is 11.1 Å². The van der Waals surface area contributed by atoms with Gasteiger partial charge in [-0.3, -0.25) is 0 Å². The summed E-state index contributed by atoms with van der Waals surface area (Å²) in [5.74, 6) is 0. The number of benzene rings is 1. The highest BCUT2D eigenvalue weighted by molar-refractivity contribution is 5.82. The lowest BCUT2D eigenvalue weighted by molar-refractivity contribution is 0.273. The predicted molar refractivity (Wildman–Crippen MR) is 59.1 cm³/mol. The van der Waals surface area contributed by atoms with Gasteiger partial charge in [0.05, 0.1) is 13.2 Å². The van der Waals surface area contributed by atoms with Crippen molar-refractivity contribution >= 4 is 11.0 Å². The van der Waals surface area contributed by atoms with Crippen molar-refractivity contribution in [2.75, 3.05) is 0 Å². The van der Waals surface area contributed by atoms with Gasteiger partial charge in [0.2, 0.25) is 0 Å². The Labute approximate surface area is 91.8 Å². The van der Waals surface area contributed by atoms with Gasteiger partial charge in [-0.2, -0.15) is 0 Å². The first-order chi connectivity index (χ1) is 7.67. The lowest BCUT2D eigenvalue weighted by Gasteiger charge is -2.10. The normalized spacial score (nSPS) is 10.9. The molecule has 0 saturated carbocycles. The van der Waals surface area contributed by atoms with Crippen LogP contribution in [0, 0.1) is 6.92 Å². The third-order valence-electron chi connectivity index (χ3n) is 2.73. The summed E-state index contributed by atoms with van der Waals surface area (Å²) in [5, 5.41) is 19.2. The van der Waals surface area contributed by atoms with Crippen LogP contribution in [-0.4, -0.2) is 10.2 Å². The highest BCUT2D eigenvalue weighted by Gasteiger charge is 2.11. The molecule has 0 aliphatic carbocycles. The highest BCUT2D eigenvalue weighted by Crippen LogP contribution is 2.24. The molecule has 2 N–H and O–H groups in total. The van der Waals surface area contributed by atoms with Crippen molar-refractivity contribution in [2.45, 2.75) is 20.1 Å². The molecule has 4 nitrogen and oxygen atoms in total. The third-order valence-corrected chi connectivity index (χ3v) is 2.73. The molecule has 0 bridgehead atoms. The molecule has 0 unspecified atom stereocenters. The van der Waals surface area contributed by atoms with E-state index in [-0.39, 0.29) is 13.2 Å². The van der Waals surface area contributed by atoms with Crippen molar-refractivity contribution in [1.29, 1.82) is 0 Å². The van der Waals surface area contributed by atoms with E-state index in [1.807, 2.05) is 0 Å². The zero-order chi connectivity index (χ0) is 11.7. The lowest BCUT2D eigenvalue weighted by Crippen LogP contribution is -2.01. The Kier molecular flexibility index (Phi) is 2.77. The smallest absolute Gasteiger partial charge is 0.336 e. The molecule has 84 valence electrons. The van der Waals surface area contributed by atoms with Crippen LogP contribution in [0.4, 0.5) is 0 Å². The van der Waals surface area contributed by atoms with Crippen molar-refractivity contribution in [3.8, 4) is 0 Å². The number of fused-ring (bicyclic) bond motifs is 1. The van der Waals surface area contributed by atoms with E-state index in [1.54, 1.807) is 19.1 Å². The van der Waals surface area contributed by atoms with Crippen LogP contribution in [0.25, 0.3) is 11.0 Å². The van der Waals surface area contributed by atoms with E-state index in [4.69, 9.17) is 4.42 Å². The van der Waals surface area contributed by atoms with Gasteiger partial charge in [0.15, 0.2) is 0 Å². The van der Waals surface area contributed by atoms with Gasteiger partial charge in [-0.25, -0.2) is 4.79 Å². The molecule has 1 aromatic carbocycles. The van der Waals surface area contributed by atoms with Crippen LogP contribution in [-0.2, 0) is 13.2 Å². The average Bonchev–Trinajstić information content (AvgIpc) is 2.28. The Morgan fingerprint density at radius 2 is 2.00 bits per heavy atom. The van der Waals surface area contributed by atoms with Crippen LogP contribution in [0.3, 0.4) is 0 Å². The van der Waals surface area contributed by atoms with Gasteiger partial charge in [0.1, 0.15) is 5.58 Å². The van der Waals surface area contributed by atoms with Gasteiger partial charge < -0.3 is 14.6 Å². The number of aliphatic hydroxyl groups excluding tert-OH is 2. The summed E-state index contributed by atoms with van der Waals surface area (Å²) < 4.78 is 5.07. The highest BCUT2D eigenvalue weighted by atomic mass is 16.4. The summed E-state index contributed by atoms with van der Waals surface area (Å²) in [6.45, 7) is 1.46. The van der Waals surface area contributed by atoms with Crippen LogP contribution < -0.4 is 5.63 Å². The van der Waals surface area contributed by atoms with Crippen molar-refractivity contribution in [1.82, 2.24) is 0 Å². The Morgan fingerprint density at radius 1 is 1.25 bits per heavy atom. The Balaban J connectivity index is 2.90. The molecule has 0 spiro atoms. The van der Waals surface area contributed by atoms with Gasteiger partial charge in [-0.05, 0) is 30.2 Å². The molecular formula is C12H12O4. The number of hydrogen-bond donors (Lipinski definition) is 2. The molecule has 0 atom stereocenters. The van der Waals surface area contributed by atoms with E-state index >= 15 is 0 Å². The first-order valence-corrected chi connectivity index (χ1v) is 4.94. The van der Waals surface area contributed by atoms with Crippen LogP contribution in [0.1, 0.15) is 16.7 Å². The quantitative estimate of drug-likeness (QED) is 0.743. The molecule has 4 heteroatoms. The molecule has 0 amide bonds. The third kappa shape index (κ3) is 1.62. The Bertz CT molecular complexity index is 583. The largest absolute Gasteiger partial charge is 0.422 e. The summed E-state index contributed by atoms with van der Waals surface area (Å²) in [5.41, 5.74) is 1.99. The second-order valence-electron chi connectivity index (χ2n) is 3.63. The van der Waals surface area contributed by atoms with Crippen molar-refractivity contribution in [2.24, 2.45) is 0 Å². The summed E-state index contributed by atoms with van der Waals surface area (Å²) in [7, 11) is 0. The van der Waals surface area contributed by atoms with Crippen molar-refractivity contribution in [3.05, 3.63) is 45.3 Å². The topological polar surface area (TPSA) is 70.7 Å². The van der Waals surface area contributed by atoms with Gasteiger partial charge in [-0.1, -0.05) is 0 Å². The zero-order valence-corrected chi connectivity index (χ0v) is 8.86. The van der Waals surface area contributed by atoms with E-state index in [0.29, 0.717) is 16.5 Å². The van der Waals surface area contributed by atoms with E-state index < -0.39 is 5.63 Å². The Morgan fingerprint density at radius 3 is 2.62 bits per heavy atom. The second kappa shape index (κ2) is 4.08. The molecule has 0 fully saturated rings. The zero-order valence-electron chi connectivity index (χ0n) is 8.86. The van der Waals surface area contributed by atoms with E-state index in [2.05, 4.69) is 0 Å². The van der Waals surface area contributed by atoms with Crippen LogP contribution in [0.15, 0.2) is 27.4 Å². The minimum Gasteiger partial charge on any atom is -0.422 e. The first-order valence-electron chi connectivity index (χ1n) is 4.94. The van der Waals surface area contributed by atoms with Crippen molar-refractivity contribution < 1.29 is 14.6 Å². The lowest BCUT2D eigenvalue weighted by atomic mass is 10.00. The van der Waals surface area contributed by atoms with Gasteiger partial charge in [0, 0.05) is 17.0 Å². The maximum atomic E-state index is 11.1. The monoisotopic (exact) mass is 220 g/mol.